The lowest BCUT2D eigenvalue weighted by Gasteiger charge is -2.10. The maximum absolute atomic E-state index is 13.0. The van der Waals surface area contributed by atoms with Crippen molar-refractivity contribution < 1.29 is 14.0 Å². The molecule has 2 amide bonds. The van der Waals surface area contributed by atoms with E-state index < -0.39 is 5.82 Å². The first-order chi connectivity index (χ1) is 13.4. The number of halogens is 3. The molecule has 0 aromatic heterocycles. The second-order valence-corrected chi connectivity index (χ2v) is 6.73. The Morgan fingerprint density at radius 2 is 1.61 bits per heavy atom. The van der Waals surface area contributed by atoms with Crippen LogP contribution in [-0.4, -0.2) is 11.8 Å². The molecule has 0 fully saturated rings. The number of anilines is 1. The summed E-state index contributed by atoms with van der Waals surface area (Å²) in [6.07, 6.45) is 0. The number of rotatable bonds is 5. The van der Waals surface area contributed by atoms with Crippen LogP contribution in [0.2, 0.25) is 10.0 Å². The Kier molecular flexibility index (Phi) is 6.29. The van der Waals surface area contributed by atoms with Crippen LogP contribution in [0.25, 0.3) is 0 Å². The lowest BCUT2D eigenvalue weighted by Crippen LogP contribution is -2.23. The Bertz CT molecular complexity index is 1020. The fraction of sp³-hybridized carbons (Fsp3) is 0.0476. The average Bonchev–Trinajstić information content (AvgIpc) is 2.69. The van der Waals surface area contributed by atoms with Gasteiger partial charge in [-0.15, -0.1) is 0 Å². The van der Waals surface area contributed by atoms with Gasteiger partial charge in [-0.3, -0.25) is 9.59 Å². The molecule has 3 rings (SSSR count). The molecule has 0 spiro atoms. The fourth-order valence-electron chi connectivity index (χ4n) is 2.52. The summed E-state index contributed by atoms with van der Waals surface area (Å²) >= 11 is 12.0. The minimum absolute atomic E-state index is 0.196. The molecule has 3 aromatic rings. The van der Waals surface area contributed by atoms with E-state index in [4.69, 9.17) is 23.2 Å². The van der Waals surface area contributed by atoms with Crippen LogP contribution < -0.4 is 10.6 Å². The summed E-state index contributed by atoms with van der Waals surface area (Å²) in [5.41, 5.74) is 1.97. The zero-order chi connectivity index (χ0) is 20.1. The lowest BCUT2D eigenvalue weighted by molar-refractivity contribution is 0.0950. The Morgan fingerprint density at radius 1 is 0.893 bits per heavy atom. The van der Waals surface area contributed by atoms with Gasteiger partial charge in [0.1, 0.15) is 5.82 Å². The molecule has 0 aliphatic rings. The number of hydrogen-bond acceptors (Lipinski definition) is 2. The number of hydrogen-bond donors (Lipinski definition) is 2. The van der Waals surface area contributed by atoms with Crippen molar-refractivity contribution in [3.63, 3.8) is 0 Å². The molecule has 142 valence electrons. The summed E-state index contributed by atoms with van der Waals surface area (Å²) in [5, 5.41) is 6.01. The number of amides is 2. The number of carbonyl (C=O) groups excluding carboxylic acids is 2. The van der Waals surface area contributed by atoms with E-state index in [1.807, 2.05) is 6.07 Å². The Hall–Kier alpha value is -2.89. The lowest BCUT2D eigenvalue weighted by atomic mass is 10.1. The van der Waals surface area contributed by atoms with Crippen molar-refractivity contribution in [2.75, 3.05) is 5.32 Å². The highest BCUT2D eigenvalue weighted by molar-refractivity contribution is 6.43. The van der Waals surface area contributed by atoms with E-state index in [0.29, 0.717) is 16.3 Å². The largest absolute Gasteiger partial charge is 0.348 e. The normalized spacial score (nSPS) is 10.4. The van der Waals surface area contributed by atoms with E-state index in [-0.39, 0.29) is 28.9 Å². The van der Waals surface area contributed by atoms with E-state index in [1.54, 1.807) is 36.4 Å². The molecule has 0 radical (unpaired) electrons. The average molecular weight is 417 g/mol. The van der Waals surface area contributed by atoms with Crippen molar-refractivity contribution >= 4 is 40.7 Å². The Labute approximate surface area is 171 Å². The van der Waals surface area contributed by atoms with Gasteiger partial charge in [-0.05, 0) is 54.1 Å². The molecule has 0 bridgehead atoms. The number of carbonyl (C=O) groups is 2. The van der Waals surface area contributed by atoms with Gasteiger partial charge < -0.3 is 10.6 Å². The summed E-state index contributed by atoms with van der Waals surface area (Å²) in [7, 11) is 0. The summed E-state index contributed by atoms with van der Waals surface area (Å²) in [5.74, 6) is -1.12. The summed E-state index contributed by atoms with van der Waals surface area (Å²) in [6.45, 7) is 0.238. The van der Waals surface area contributed by atoms with Gasteiger partial charge in [0.2, 0.25) is 0 Å². The molecule has 0 atom stereocenters. The van der Waals surface area contributed by atoms with Crippen LogP contribution >= 0.6 is 23.2 Å². The number of benzene rings is 3. The SMILES string of the molecule is O=C(Nc1cccc(CNC(=O)c2cccc(Cl)c2Cl)c1)c1ccc(F)cc1. The van der Waals surface area contributed by atoms with E-state index in [2.05, 4.69) is 10.6 Å². The van der Waals surface area contributed by atoms with Gasteiger partial charge in [-0.25, -0.2) is 4.39 Å². The van der Waals surface area contributed by atoms with Gasteiger partial charge in [0.05, 0.1) is 15.6 Å². The van der Waals surface area contributed by atoms with Crippen molar-refractivity contribution in [1.29, 1.82) is 0 Å². The summed E-state index contributed by atoms with van der Waals surface area (Å²) < 4.78 is 13.0. The molecular formula is C21H15Cl2FN2O2. The maximum atomic E-state index is 13.0. The van der Waals surface area contributed by atoms with Gasteiger partial charge in [0.15, 0.2) is 0 Å². The van der Waals surface area contributed by atoms with Gasteiger partial charge in [0.25, 0.3) is 11.8 Å². The van der Waals surface area contributed by atoms with Crippen LogP contribution in [0.4, 0.5) is 10.1 Å². The fourth-order valence-corrected chi connectivity index (χ4v) is 2.91. The summed E-state index contributed by atoms with van der Waals surface area (Å²) in [6, 6.07) is 17.1. The first-order valence-corrected chi connectivity index (χ1v) is 9.07. The molecule has 7 heteroatoms. The molecular weight excluding hydrogens is 402 g/mol. The highest BCUT2D eigenvalue weighted by Crippen LogP contribution is 2.25. The molecule has 0 saturated heterocycles. The second-order valence-electron chi connectivity index (χ2n) is 5.95. The van der Waals surface area contributed by atoms with Crippen molar-refractivity contribution in [1.82, 2.24) is 5.32 Å². The van der Waals surface area contributed by atoms with Crippen LogP contribution in [0.1, 0.15) is 26.3 Å². The van der Waals surface area contributed by atoms with Crippen LogP contribution in [0.3, 0.4) is 0 Å². The first kappa shape index (κ1) is 19.9. The molecule has 3 aromatic carbocycles. The third-order valence-electron chi connectivity index (χ3n) is 3.94. The van der Waals surface area contributed by atoms with E-state index >= 15 is 0 Å². The minimum Gasteiger partial charge on any atom is -0.348 e. The topological polar surface area (TPSA) is 58.2 Å². The van der Waals surface area contributed by atoms with Gasteiger partial charge >= 0.3 is 0 Å². The molecule has 4 nitrogen and oxygen atoms in total. The molecule has 0 unspecified atom stereocenters. The maximum Gasteiger partial charge on any atom is 0.255 e. The van der Waals surface area contributed by atoms with Crippen molar-refractivity contribution in [2.45, 2.75) is 6.54 Å². The van der Waals surface area contributed by atoms with Crippen LogP contribution in [0, 0.1) is 5.82 Å². The number of nitrogens with one attached hydrogen (secondary N) is 2. The van der Waals surface area contributed by atoms with Gasteiger partial charge in [-0.2, -0.15) is 0 Å². The van der Waals surface area contributed by atoms with Crippen molar-refractivity contribution in [2.24, 2.45) is 0 Å². The molecule has 2 N–H and O–H groups in total. The van der Waals surface area contributed by atoms with E-state index in [1.165, 1.54) is 24.3 Å². The van der Waals surface area contributed by atoms with Gasteiger partial charge in [0, 0.05) is 17.8 Å². The van der Waals surface area contributed by atoms with Crippen molar-refractivity contribution in [3.8, 4) is 0 Å². The molecule has 0 aliphatic carbocycles. The smallest absolute Gasteiger partial charge is 0.255 e. The second kappa shape index (κ2) is 8.87. The zero-order valence-electron chi connectivity index (χ0n) is 14.5. The predicted molar refractivity (Wildman–Crippen MR) is 108 cm³/mol. The zero-order valence-corrected chi connectivity index (χ0v) is 16.0. The quantitative estimate of drug-likeness (QED) is 0.591. The molecule has 0 aliphatic heterocycles. The monoisotopic (exact) mass is 416 g/mol. The van der Waals surface area contributed by atoms with Gasteiger partial charge in [-0.1, -0.05) is 41.4 Å². The van der Waals surface area contributed by atoms with E-state index in [0.717, 1.165) is 5.56 Å². The Morgan fingerprint density at radius 3 is 2.36 bits per heavy atom. The highest BCUT2D eigenvalue weighted by atomic mass is 35.5. The Balaban J connectivity index is 1.64. The van der Waals surface area contributed by atoms with E-state index in [9.17, 15) is 14.0 Å². The van der Waals surface area contributed by atoms with Crippen LogP contribution in [-0.2, 0) is 6.54 Å². The van der Waals surface area contributed by atoms with Crippen molar-refractivity contribution in [3.05, 3.63) is 99.3 Å². The third-order valence-corrected chi connectivity index (χ3v) is 4.76. The highest BCUT2D eigenvalue weighted by Gasteiger charge is 2.12. The summed E-state index contributed by atoms with van der Waals surface area (Å²) in [4.78, 5) is 24.5. The third kappa shape index (κ3) is 4.88. The van der Waals surface area contributed by atoms with Crippen LogP contribution in [0.5, 0.6) is 0 Å². The first-order valence-electron chi connectivity index (χ1n) is 8.32. The molecule has 28 heavy (non-hydrogen) atoms. The van der Waals surface area contributed by atoms with Crippen LogP contribution in [0.15, 0.2) is 66.7 Å². The molecule has 0 heterocycles. The standard InChI is InChI=1S/C21H15Cl2FN2O2/c22-18-6-2-5-17(19(18)23)21(28)25-12-13-3-1-4-16(11-13)26-20(27)14-7-9-15(24)10-8-14/h1-11H,12H2,(H,25,28)(H,26,27). The predicted octanol–water partition coefficient (Wildman–Crippen LogP) is 5.31. The molecule has 0 saturated carbocycles. The minimum atomic E-state index is -0.408.